The summed E-state index contributed by atoms with van der Waals surface area (Å²) in [5.41, 5.74) is 1.19. The van der Waals surface area contributed by atoms with Crippen LogP contribution in [0.5, 0.6) is 5.75 Å². The molecule has 0 aliphatic rings. The molecule has 0 saturated heterocycles. The first-order valence-corrected chi connectivity index (χ1v) is 6.81. The molecule has 0 unspecified atom stereocenters. The molecular weight excluding hydrogens is 226 g/mol. The lowest BCUT2D eigenvalue weighted by Crippen LogP contribution is -2.22. The van der Waals surface area contributed by atoms with Crippen LogP contribution >= 0.6 is 0 Å². The lowest BCUT2D eigenvalue weighted by Gasteiger charge is -2.09. The van der Waals surface area contributed by atoms with Gasteiger partial charge in [-0.3, -0.25) is 0 Å². The number of ether oxygens (including phenoxy) is 2. The van der Waals surface area contributed by atoms with Crippen LogP contribution in [0.2, 0.25) is 0 Å². The molecule has 3 heteroatoms. The Morgan fingerprint density at radius 1 is 1.06 bits per heavy atom. The third kappa shape index (κ3) is 6.62. The third-order valence-corrected chi connectivity index (χ3v) is 2.73. The summed E-state index contributed by atoms with van der Waals surface area (Å²) in [6.07, 6.45) is 2.28. The first-order valence-electron chi connectivity index (χ1n) is 6.81. The Hall–Kier alpha value is -1.06. The van der Waals surface area contributed by atoms with Crippen molar-refractivity contribution in [1.29, 1.82) is 0 Å². The van der Waals surface area contributed by atoms with Gasteiger partial charge in [-0.1, -0.05) is 18.2 Å². The van der Waals surface area contributed by atoms with Crippen LogP contribution in [-0.4, -0.2) is 32.9 Å². The molecule has 0 aliphatic carbocycles. The smallest absolute Gasteiger partial charge is 0.122 e. The standard InChI is InChI=1S/C15H25NO2/c1-3-17-12-7-6-10-16-11-13-18-15-9-5-4-8-14(15)2/h4-5,8-9,16H,3,6-7,10-13H2,1-2H3. The quantitative estimate of drug-likeness (QED) is 0.649. The van der Waals surface area contributed by atoms with Crippen molar-refractivity contribution in [2.75, 3.05) is 32.9 Å². The highest BCUT2D eigenvalue weighted by Crippen LogP contribution is 2.15. The maximum absolute atomic E-state index is 5.69. The Morgan fingerprint density at radius 2 is 1.89 bits per heavy atom. The monoisotopic (exact) mass is 251 g/mol. The minimum Gasteiger partial charge on any atom is -0.492 e. The number of unbranched alkanes of at least 4 members (excludes halogenated alkanes) is 1. The van der Waals surface area contributed by atoms with Crippen molar-refractivity contribution in [3.05, 3.63) is 29.8 Å². The van der Waals surface area contributed by atoms with E-state index in [4.69, 9.17) is 9.47 Å². The first-order chi connectivity index (χ1) is 8.84. The minimum atomic E-state index is 0.719. The highest BCUT2D eigenvalue weighted by Gasteiger charge is 1.96. The number of benzene rings is 1. The second-order valence-corrected chi connectivity index (χ2v) is 4.27. The molecule has 0 aliphatic heterocycles. The summed E-state index contributed by atoms with van der Waals surface area (Å²) < 4.78 is 11.0. The van der Waals surface area contributed by atoms with Gasteiger partial charge in [-0.05, 0) is 44.9 Å². The summed E-state index contributed by atoms with van der Waals surface area (Å²) in [6, 6.07) is 8.11. The average molecular weight is 251 g/mol. The van der Waals surface area contributed by atoms with Gasteiger partial charge in [0.25, 0.3) is 0 Å². The van der Waals surface area contributed by atoms with E-state index in [-0.39, 0.29) is 0 Å². The van der Waals surface area contributed by atoms with E-state index in [1.54, 1.807) is 0 Å². The molecule has 18 heavy (non-hydrogen) atoms. The van der Waals surface area contributed by atoms with Crippen molar-refractivity contribution < 1.29 is 9.47 Å². The fourth-order valence-electron chi connectivity index (χ4n) is 1.67. The Balaban J connectivity index is 1.94. The number of nitrogens with one attached hydrogen (secondary N) is 1. The van der Waals surface area contributed by atoms with Gasteiger partial charge in [0.05, 0.1) is 0 Å². The van der Waals surface area contributed by atoms with E-state index >= 15 is 0 Å². The van der Waals surface area contributed by atoms with Crippen molar-refractivity contribution >= 4 is 0 Å². The predicted octanol–water partition coefficient (Wildman–Crippen LogP) is 2.78. The summed E-state index contributed by atoms with van der Waals surface area (Å²) in [7, 11) is 0. The first kappa shape index (κ1) is 15.0. The van der Waals surface area contributed by atoms with E-state index in [1.165, 1.54) is 5.56 Å². The second kappa shape index (κ2) is 9.92. The SMILES string of the molecule is CCOCCCCNCCOc1ccccc1C. The van der Waals surface area contributed by atoms with E-state index in [9.17, 15) is 0 Å². The van der Waals surface area contributed by atoms with Gasteiger partial charge in [0.1, 0.15) is 12.4 Å². The van der Waals surface area contributed by atoms with Gasteiger partial charge in [0.2, 0.25) is 0 Å². The lowest BCUT2D eigenvalue weighted by atomic mass is 10.2. The van der Waals surface area contributed by atoms with Crippen LogP contribution < -0.4 is 10.1 Å². The van der Waals surface area contributed by atoms with Crippen LogP contribution in [0.3, 0.4) is 0 Å². The maximum Gasteiger partial charge on any atom is 0.122 e. The molecule has 1 aromatic carbocycles. The van der Waals surface area contributed by atoms with Crippen LogP contribution in [0.1, 0.15) is 25.3 Å². The van der Waals surface area contributed by atoms with Crippen LogP contribution in [0.4, 0.5) is 0 Å². The van der Waals surface area contributed by atoms with Crippen LogP contribution in [-0.2, 0) is 4.74 Å². The zero-order valence-electron chi connectivity index (χ0n) is 11.6. The summed E-state index contributed by atoms with van der Waals surface area (Å²) >= 11 is 0. The number of rotatable bonds is 10. The number of hydrogen-bond donors (Lipinski definition) is 1. The molecule has 0 amide bonds. The topological polar surface area (TPSA) is 30.5 Å². The van der Waals surface area contributed by atoms with Gasteiger partial charge in [0.15, 0.2) is 0 Å². The molecule has 0 spiro atoms. The minimum absolute atomic E-state index is 0.719. The summed E-state index contributed by atoms with van der Waals surface area (Å²) in [4.78, 5) is 0. The molecule has 0 fully saturated rings. The number of aryl methyl sites for hydroxylation is 1. The normalized spacial score (nSPS) is 10.6. The Kier molecular flexibility index (Phi) is 8.26. The zero-order chi connectivity index (χ0) is 13.1. The van der Waals surface area contributed by atoms with Crippen molar-refractivity contribution in [3.63, 3.8) is 0 Å². The molecule has 0 atom stereocenters. The highest BCUT2D eigenvalue weighted by atomic mass is 16.5. The zero-order valence-corrected chi connectivity index (χ0v) is 11.6. The maximum atomic E-state index is 5.69. The largest absolute Gasteiger partial charge is 0.492 e. The van der Waals surface area contributed by atoms with Crippen LogP contribution in [0, 0.1) is 6.92 Å². The third-order valence-electron chi connectivity index (χ3n) is 2.73. The number of para-hydroxylation sites is 1. The molecule has 1 rings (SSSR count). The fourth-order valence-corrected chi connectivity index (χ4v) is 1.67. The van der Waals surface area contributed by atoms with Gasteiger partial charge >= 0.3 is 0 Å². The van der Waals surface area contributed by atoms with Gasteiger partial charge in [-0.2, -0.15) is 0 Å². The molecular formula is C15H25NO2. The van der Waals surface area contributed by atoms with E-state index in [0.717, 1.165) is 51.5 Å². The summed E-state index contributed by atoms with van der Waals surface area (Å²) in [6.45, 7) is 8.43. The predicted molar refractivity (Wildman–Crippen MR) is 75.3 cm³/mol. The van der Waals surface area contributed by atoms with Crippen LogP contribution in [0.25, 0.3) is 0 Å². The van der Waals surface area contributed by atoms with Crippen molar-refractivity contribution in [2.24, 2.45) is 0 Å². The Morgan fingerprint density at radius 3 is 2.67 bits per heavy atom. The molecule has 0 aromatic heterocycles. The second-order valence-electron chi connectivity index (χ2n) is 4.27. The van der Waals surface area contributed by atoms with Crippen molar-refractivity contribution in [3.8, 4) is 5.75 Å². The van der Waals surface area contributed by atoms with Gasteiger partial charge in [-0.15, -0.1) is 0 Å². The molecule has 0 radical (unpaired) electrons. The molecule has 3 nitrogen and oxygen atoms in total. The van der Waals surface area contributed by atoms with Gasteiger partial charge in [0, 0.05) is 19.8 Å². The van der Waals surface area contributed by atoms with Crippen LogP contribution in [0.15, 0.2) is 24.3 Å². The summed E-state index contributed by atoms with van der Waals surface area (Å²) in [5.74, 6) is 0.982. The van der Waals surface area contributed by atoms with E-state index in [1.807, 2.05) is 25.1 Å². The lowest BCUT2D eigenvalue weighted by molar-refractivity contribution is 0.143. The summed E-state index contributed by atoms with van der Waals surface area (Å²) in [5, 5.41) is 3.37. The van der Waals surface area contributed by atoms with E-state index in [2.05, 4.69) is 18.3 Å². The van der Waals surface area contributed by atoms with Crippen molar-refractivity contribution in [1.82, 2.24) is 5.32 Å². The van der Waals surface area contributed by atoms with E-state index in [0.29, 0.717) is 0 Å². The molecule has 0 saturated carbocycles. The molecule has 102 valence electrons. The molecule has 0 heterocycles. The molecule has 0 bridgehead atoms. The van der Waals surface area contributed by atoms with E-state index < -0.39 is 0 Å². The Labute approximate surface area is 110 Å². The molecule has 1 aromatic rings. The van der Waals surface area contributed by atoms with Gasteiger partial charge < -0.3 is 14.8 Å². The van der Waals surface area contributed by atoms with Crippen molar-refractivity contribution in [2.45, 2.75) is 26.7 Å². The van der Waals surface area contributed by atoms with Gasteiger partial charge in [-0.25, -0.2) is 0 Å². The Bertz CT molecular complexity index is 315. The number of hydrogen-bond acceptors (Lipinski definition) is 3. The molecule has 1 N–H and O–H groups in total. The highest BCUT2D eigenvalue weighted by molar-refractivity contribution is 5.31. The average Bonchev–Trinajstić information content (AvgIpc) is 2.39. The fraction of sp³-hybridized carbons (Fsp3) is 0.600.